The van der Waals surface area contributed by atoms with Crippen molar-refractivity contribution in [2.24, 2.45) is 0 Å². The first-order chi connectivity index (χ1) is 11.2. The predicted molar refractivity (Wildman–Crippen MR) is 87.2 cm³/mol. The summed E-state index contributed by atoms with van der Waals surface area (Å²) in [5.41, 5.74) is 1.54. The molecule has 2 aromatic rings. The van der Waals surface area contributed by atoms with E-state index in [-0.39, 0.29) is 10.6 Å². The van der Waals surface area contributed by atoms with Gasteiger partial charge in [0.25, 0.3) is 5.91 Å². The lowest BCUT2D eigenvalue weighted by molar-refractivity contribution is 0.0982. The molecular formula is C17H14ClFN2O2. The number of nitrogens with zero attached hydrogens (tertiary/aromatic N) is 2. The van der Waals surface area contributed by atoms with Crippen LogP contribution in [0.3, 0.4) is 0 Å². The fourth-order valence-electron chi connectivity index (χ4n) is 3.15. The molecule has 0 unspecified atom stereocenters. The standard InChI is InChI=1S/C17H14ClFN2O2/c18-11-3-1-4-12(19)15(11)17(22)21-8-7-20-9-10-23-14-6-2-5-13(21)16(14)20/h1-6H,7-10H2. The molecule has 0 aliphatic carbocycles. The van der Waals surface area contributed by atoms with Crippen molar-refractivity contribution in [2.75, 3.05) is 36.0 Å². The second-order valence-electron chi connectivity index (χ2n) is 5.51. The fourth-order valence-corrected chi connectivity index (χ4v) is 3.40. The van der Waals surface area contributed by atoms with Gasteiger partial charge in [-0.1, -0.05) is 23.7 Å². The van der Waals surface area contributed by atoms with Crippen LogP contribution in [0.1, 0.15) is 10.4 Å². The Morgan fingerprint density at radius 3 is 2.78 bits per heavy atom. The Morgan fingerprint density at radius 1 is 1.13 bits per heavy atom. The highest BCUT2D eigenvalue weighted by Gasteiger charge is 2.33. The number of hydrogen-bond donors (Lipinski definition) is 0. The Morgan fingerprint density at radius 2 is 1.96 bits per heavy atom. The minimum atomic E-state index is -0.606. The Balaban J connectivity index is 1.81. The molecule has 0 spiro atoms. The normalized spacial score (nSPS) is 15.9. The van der Waals surface area contributed by atoms with Gasteiger partial charge in [-0.3, -0.25) is 4.79 Å². The fraction of sp³-hybridized carbons (Fsp3) is 0.235. The molecule has 0 saturated carbocycles. The zero-order chi connectivity index (χ0) is 16.0. The lowest BCUT2D eigenvalue weighted by Crippen LogP contribution is -2.47. The van der Waals surface area contributed by atoms with E-state index in [1.807, 2.05) is 18.2 Å². The van der Waals surface area contributed by atoms with Crippen molar-refractivity contribution < 1.29 is 13.9 Å². The van der Waals surface area contributed by atoms with Crippen LogP contribution in [-0.2, 0) is 0 Å². The van der Waals surface area contributed by atoms with Crippen molar-refractivity contribution in [3.05, 3.63) is 52.8 Å². The summed E-state index contributed by atoms with van der Waals surface area (Å²) >= 11 is 6.05. The monoisotopic (exact) mass is 332 g/mol. The van der Waals surface area contributed by atoms with Gasteiger partial charge in [-0.2, -0.15) is 0 Å². The molecule has 0 atom stereocenters. The van der Waals surface area contributed by atoms with Crippen LogP contribution in [0.2, 0.25) is 5.02 Å². The highest BCUT2D eigenvalue weighted by Crippen LogP contribution is 2.43. The topological polar surface area (TPSA) is 32.8 Å². The van der Waals surface area contributed by atoms with Gasteiger partial charge in [-0.25, -0.2) is 4.39 Å². The number of rotatable bonds is 1. The average Bonchev–Trinajstić information content (AvgIpc) is 2.55. The molecule has 2 aliphatic rings. The highest BCUT2D eigenvalue weighted by atomic mass is 35.5. The zero-order valence-electron chi connectivity index (χ0n) is 12.3. The Labute approximate surface area is 138 Å². The molecule has 6 heteroatoms. The SMILES string of the molecule is O=C(c1c(F)cccc1Cl)N1CCN2CCOc3cccc1c32. The summed E-state index contributed by atoms with van der Waals surface area (Å²) in [6.07, 6.45) is 0. The number of hydrogen-bond acceptors (Lipinski definition) is 3. The summed E-state index contributed by atoms with van der Waals surface area (Å²) in [4.78, 5) is 16.6. The molecule has 2 heterocycles. The largest absolute Gasteiger partial charge is 0.489 e. The summed E-state index contributed by atoms with van der Waals surface area (Å²) in [6.45, 7) is 2.58. The van der Waals surface area contributed by atoms with Crippen molar-refractivity contribution in [3.63, 3.8) is 0 Å². The lowest BCUT2D eigenvalue weighted by Gasteiger charge is -2.41. The number of ether oxygens (including phenoxy) is 1. The van der Waals surface area contributed by atoms with Gasteiger partial charge in [0.1, 0.15) is 23.9 Å². The lowest BCUT2D eigenvalue weighted by atomic mass is 10.1. The van der Waals surface area contributed by atoms with Crippen LogP contribution in [0, 0.1) is 5.82 Å². The van der Waals surface area contributed by atoms with Crippen molar-refractivity contribution in [2.45, 2.75) is 0 Å². The van der Waals surface area contributed by atoms with Gasteiger partial charge in [0.2, 0.25) is 0 Å². The Kier molecular flexibility index (Phi) is 3.38. The van der Waals surface area contributed by atoms with Gasteiger partial charge < -0.3 is 14.5 Å². The number of carbonyl (C=O) groups is 1. The molecule has 2 aliphatic heterocycles. The zero-order valence-corrected chi connectivity index (χ0v) is 13.0. The second kappa shape index (κ2) is 5.42. The van der Waals surface area contributed by atoms with Gasteiger partial charge in [0.05, 0.1) is 22.8 Å². The molecule has 0 bridgehead atoms. The van der Waals surface area contributed by atoms with Gasteiger partial charge >= 0.3 is 0 Å². The number of halogens is 2. The first-order valence-electron chi connectivity index (χ1n) is 7.43. The molecule has 1 amide bonds. The van der Waals surface area contributed by atoms with Crippen LogP contribution in [0.4, 0.5) is 15.8 Å². The summed E-state index contributed by atoms with van der Waals surface area (Å²) in [7, 11) is 0. The quantitative estimate of drug-likeness (QED) is 0.803. The third kappa shape index (κ3) is 2.23. The maximum absolute atomic E-state index is 14.1. The van der Waals surface area contributed by atoms with Crippen LogP contribution in [0.15, 0.2) is 36.4 Å². The van der Waals surface area contributed by atoms with E-state index in [1.54, 1.807) is 4.90 Å². The van der Waals surface area contributed by atoms with Crippen molar-refractivity contribution in [1.29, 1.82) is 0 Å². The molecule has 0 aromatic heterocycles. The summed E-state index contributed by atoms with van der Waals surface area (Å²) in [5.74, 6) is -0.274. The minimum absolute atomic E-state index is 0.0862. The maximum Gasteiger partial charge on any atom is 0.262 e. The predicted octanol–water partition coefficient (Wildman–Crippen LogP) is 3.34. The third-order valence-electron chi connectivity index (χ3n) is 4.22. The van der Waals surface area contributed by atoms with Crippen LogP contribution in [0.25, 0.3) is 0 Å². The van der Waals surface area contributed by atoms with Crippen LogP contribution < -0.4 is 14.5 Å². The second-order valence-corrected chi connectivity index (χ2v) is 5.92. The highest BCUT2D eigenvalue weighted by molar-refractivity contribution is 6.34. The van der Waals surface area contributed by atoms with Gasteiger partial charge in [0, 0.05) is 13.1 Å². The van der Waals surface area contributed by atoms with E-state index < -0.39 is 11.7 Å². The van der Waals surface area contributed by atoms with Crippen molar-refractivity contribution in [1.82, 2.24) is 0 Å². The molecular weight excluding hydrogens is 319 g/mol. The average molecular weight is 333 g/mol. The first kappa shape index (κ1) is 14.3. The van der Waals surface area contributed by atoms with Crippen LogP contribution in [0.5, 0.6) is 5.75 Å². The van der Waals surface area contributed by atoms with E-state index in [9.17, 15) is 9.18 Å². The van der Waals surface area contributed by atoms with E-state index in [0.29, 0.717) is 19.7 Å². The number of carbonyl (C=O) groups excluding carboxylic acids is 1. The number of amides is 1. The number of anilines is 2. The van der Waals surface area contributed by atoms with E-state index in [0.717, 1.165) is 23.7 Å². The smallest absolute Gasteiger partial charge is 0.262 e. The van der Waals surface area contributed by atoms with E-state index in [2.05, 4.69) is 4.90 Å². The van der Waals surface area contributed by atoms with Gasteiger partial charge in [-0.15, -0.1) is 0 Å². The van der Waals surface area contributed by atoms with Gasteiger partial charge in [-0.05, 0) is 24.3 Å². The summed E-state index contributed by atoms with van der Waals surface area (Å²) < 4.78 is 19.8. The third-order valence-corrected chi connectivity index (χ3v) is 4.53. The van der Waals surface area contributed by atoms with Gasteiger partial charge in [0.15, 0.2) is 0 Å². The maximum atomic E-state index is 14.1. The molecule has 0 N–H and O–H groups in total. The molecule has 23 heavy (non-hydrogen) atoms. The van der Waals surface area contributed by atoms with E-state index in [4.69, 9.17) is 16.3 Å². The molecule has 0 saturated heterocycles. The molecule has 0 fully saturated rings. The number of para-hydroxylation sites is 1. The number of benzene rings is 2. The summed E-state index contributed by atoms with van der Waals surface area (Å²) in [6, 6.07) is 9.84. The molecule has 4 nitrogen and oxygen atoms in total. The molecule has 2 aromatic carbocycles. The first-order valence-corrected chi connectivity index (χ1v) is 7.81. The summed E-state index contributed by atoms with van der Waals surface area (Å²) in [5, 5.41) is 0.124. The molecule has 4 rings (SSSR count). The van der Waals surface area contributed by atoms with E-state index in [1.165, 1.54) is 18.2 Å². The van der Waals surface area contributed by atoms with Crippen LogP contribution >= 0.6 is 11.6 Å². The molecule has 118 valence electrons. The Hall–Kier alpha value is -2.27. The molecule has 0 radical (unpaired) electrons. The Bertz CT molecular complexity index is 776. The van der Waals surface area contributed by atoms with Crippen LogP contribution in [-0.4, -0.2) is 32.1 Å². The van der Waals surface area contributed by atoms with Crippen molar-refractivity contribution in [3.8, 4) is 5.75 Å². The van der Waals surface area contributed by atoms with E-state index >= 15 is 0 Å². The minimum Gasteiger partial charge on any atom is -0.489 e. The van der Waals surface area contributed by atoms with Crippen molar-refractivity contribution >= 4 is 28.9 Å².